The van der Waals surface area contributed by atoms with E-state index in [1.807, 2.05) is 0 Å². The Morgan fingerprint density at radius 3 is 2.89 bits per heavy atom. The molecule has 1 N–H and O–H groups in total. The zero-order valence-corrected chi connectivity index (χ0v) is 4.98. The van der Waals surface area contributed by atoms with Crippen molar-refractivity contribution in [2.24, 2.45) is 5.11 Å². The third-order valence-electron chi connectivity index (χ3n) is 0.787. The number of azide groups is 1. The molecule has 0 aliphatic rings. The highest BCUT2D eigenvalue weighted by atomic mass is 16.3. The first-order valence-electron chi connectivity index (χ1n) is 2.38. The molecule has 0 aromatic carbocycles. The SMILES string of the molecule is CC(=O)[C@H](O)CN=[N+]=[N-]. The van der Waals surface area contributed by atoms with Crippen LogP contribution in [0.1, 0.15) is 6.92 Å². The molecule has 0 amide bonds. The summed E-state index contributed by atoms with van der Waals surface area (Å²) in [5.74, 6) is -0.387. The van der Waals surface area contributed by atoms with Gasteiger partial charge in [-0.1, -0.05) is 5.11 Å². The number of hydrogen-bond acceptors (Lipinski definition) is 3. The molecule has 0 aromatic rings. The van der Waals surface area contributed by atoms with Crippen LogP contribution in [-0.4, -0.2) is 23.5 Å². The van der Waals surface area contributed by atoms with Crippen LogP contribution in [0.25, 0.3) is 10.4 Å². The van der Waals surface area contributed by atoms with E-state index in [2.05, 4.69) is 10.0 Å². The Bertz CT molecular complexity index is 150. The summed E-state index contributed by atoms with van der Waals surface area (Å²) in [6.07, 6.45) is -1.14. The van der Waals surface area contributed by atoms with Gasteiger partial charge in [0.05, 0.1) is 6.54 Å². The van der Waals surface area contributed by atoms with E-state index in [1.54, 1.807) is 0 Å². The molecule has 50 valence electrons. The molecule has 0 saturated heterocycles. The number of Topliss-reactive ketones (excluding diaryl/α,β-unsaturated/α-hetero) is 1. The molecule has 0 fully saturated rings. The second kappa shape index (κ2) is 3.88. The lowest BCUT2D eigenvalue weighted by Gasteiger charge is -1.97. The van der Waals surface area contributed by atoms with Crippen molar-refractivity contribution >= 4 is 5.78 Å². The normalized spacial score (nSPS) is 11.8. The standard InChI is InChI=1S/C4H7N3O2/c1-3(8)4(9)2-6-7-5/h4,9H,2H2,1H3/t4-/m1/s1. The highest BCUT2D eigenvalue weighted by molar-refractivity contribution is 5.80. The minimum absolute atomic E-state index is 0.175. The third-order valence-corrected chi connectivity index (χ3v) is 0.787. The van der Waals surface area contributed by atoms with Gasteiger partial charge in [0.25, 0.3) is 0 Å². The Balaban J connectivity index is 3.63. The van der Waals surface area contributed by atoms with Gasteiger partial charge in [-0.2, -0.15) is 0 Å². The summed E-state index contributed by atoms with van der Waals surface area (Å²) in [5, 5.41) is 11.6. The molecule has 0 spiro atoms. The van der Waals surface area contributed by atoms with Crippen molar-refractivity contribution in [1.82, 2.24) is 0 Å². The summed E-state index contributed by atoms with van der Waals surface area (Å²) in [4.78, 5) is 12.6. The zero-order valence-electron chi connectivity index (χ0n) is 4.98. The van der Waals surface area contributed by atoms with Gasteiger partial charge in [0, 0.05) is 4.91 Å². The quantitative estimate of drug-likeness (QED) is 0.336. The summed E-state index contributed by atoms with van der Waals surface area (Å²) in [7, 11) is 0. The van der Waals surface area contributed by atoms with Crippen molar-refractivity contribution in [1.29, 1.82) is 0 Å². The first-order chi connectivity index (χ1) is 4.18. The predicted molar refractivity (Wildman–Crippen MR) is 30.7 cm³/mol. The minimum Gasteiger partial charge on any atom is -0.385 e. The zero-order chi connectivity index (χ0) is 7.28. The van der Waals surface area contributed by atoms with E-state index in [0.29, 0.717) is 0 Å². The second-order valence-electron chi connectivity index (χ2n) is 1.54. The Morgan fingerprint density at radius 1 is 2.00 bits per heavy atom. The van der Waals surface area contributed by atoms with Crippen LogP contribution in [0.15, 0.2) is 5.11 Å². The molecule has 0 aromatic heterocycles. The molecule has 5 heteroatoms. The topological polar surface area (TPSA) is 86.1 Å². The lowest BCUT2D eigenvalue weighted by atomic mass is 10.3. The lowest BCUT2D eigenvalue weighted by Crippen LogP contribution is -2.19. The van der Waals surface area contributed by atoms with Gasteiger partial charge in [-0.25, -0.2) is 0 Å². The summed E-state index contributed by atoms with van der Waals surface area (Å²) in [6.45, 7) is 1.06. The summed E-state index contributed by atoms with van der Waals surface area (Å²) in [5.41, 5.74) is 7.73. The average molecular weight is 129 g/mol. The highest BCUT2D eigenvalue weighted by Gasteiger charge is 2.05. The number of nitrogens with zero attached hydrogens (tertiary/aromatic N) is 3. The van der Waals surface area contributed by atoms with Crippen LogP contribution >= 0.6 is 0 Å². The Hall–Kier alpha value is -1.06. The van der Waals surface area contributed by atoms with E-state index in [9.17, 15) is 4.79 Å². The third kappa shape index (κ3) is 3.52. The van der Waals surface area contributed by atoms with Gasteiger partial charge >= 0.3 is 0 Å². The smallest absolute Gasteiger partial charge is 0.158 e. The van der Waals surface area contributed by atoms with E-state index in [-0.39, 0.29) is 12.3 Å². The van der Waals surface area contributed by atoms with Crippen molar-refractivity contribution in [2.45, 2.75) is 13.0 Å². The average Bonchev–Trinajstić information content (AvgIpc) is 1.82. The van der Waals surface area contributed by atoms with E-state index in [4.69, 9.17) is 10.6 Å². The van der Waals surface area contributed by atoms with E-state index < -0.39 is 6.10 Å². The Kier molecular flexibility index (Phi) is 3.43. The van der Waals surface area contributed by atoms with Crippen molar-refractivity contribution < 1.29 is 9.90 Å². The number of carbonyl (C=O) groups is 1. The van der Waals surface area contributed by atoms with Crippen LogP contribution in [-0.2, 0) is 4.79 Å². The van der Waals surface area contributed by atoms with Crippen LogP contribution in [0.5, 0.6) is 0 Å². The fraction of sp³-hybridized carbons (Fsp3) is 0.750. The molecule has 0 aliphatic heterocycles. The van der Waals surface area contributed by atoms with E-state index in [1.165, 1.54) is 6.92 Å². The maximum atomic E-state index is 10.2. The lowest BCUT2D eigenvalue weighted by molar-refractivity contribution is -0.124. The number of rotatable bonds is 3. The van der Waals surface area contributed by atoms with Crippen LogP contribution in [0.2, 0.25) is 0 Å². The first-order valence-corrected chi connectivity index (χ1v) is 2.38. The highest BCUT2D eigenvalue weighted by Crippen LogP contribution is 1.85. The Labute approximate surface area is 51.9 Å². The first kappa shape index (κ1) is 7.94. The predicted octanol–water partition coefficient (Wildman–Crippen LogP) is 0.247. The van der Waals surface area contributed by atoms with Crippen molar-refractivity contribution in [3.8, 4) is 0 Å². The van der Waals surface area contributed by atoms with Crippen LogP contribution in [0.4, 0.5) is 0 Å². The number of aliphatic hydroxyl groups excluding tert-OH is 1. The van der Waals surface area contributed by atoms with Crippen LogP contribution < -0.4 is 0 Å². The van der Waals surface area contributed by atoms with E-state index in [0.717, 1.165) is 0 Å². The molecule has 0 rings (SSSR count). The van der Waals surface area contributed by atoms with Gasteiger partial charge in [0.2, 0.25) is 0 Å². The van der Waals surface area contributed by atoms with Crippen LogP contribution in [0, 0.1) is 0 Å². The van der Waals surface area contributed by atoms with Gasteiger partial charge in [-0.05, 0) is 12.5 Å². The van der Waals surface area contributed by atoms with Crippen LogP contribution in [0.3, 0.4) is 0 Å². The number of aliphatic hydroxyl groups is 1. The second-order valence-corrected chi connectivity index (χ2v) is 1.54. The molecule has 0 bridgehead atoms. The summed E-state index contributed by atoms with van der Waals surface area (Å²) >= 11 is 0. The van der Waals surface area contributed by atoms with Gasteiger partial charge in [0.1, 0.15) is 6.10 Å². The molecule has 5 nitrogen and oxygen atoms in total. The molecular weight excluding hydrogens is 122 g/mol. The van der Waals surface area contributed by atoms with Gasteiger partial charge in [-0.15, -0.1) is 0 Å². The molecule has 1 atom stereocenters. The molecule has 0 aliphatic carbocycles. The maximum absolute atomic E-state index is 10.2. The van der Waals surface area contributed by atoms with Crippen molar-refractivity contribution in [3.63, 3.8) is 0 Å². The molecular formula is C4H7N3O2. The van der Waals surface area contributed by atoms with Crippen molar-refractivity contribution in [3.05, 3.63) is 10.4 Å². The molecule has 9 heavy (non-hydrogen) atoms. The molecule has 0 radical (unpaired) electrons. The maximum Gasteiger partial charge on any atom is 0.158 e. The minimum atomic E-state index is -1.14. The van der Waals surface area contributed by atoms with Crippen molar-refractivity contribution in [2.75, 3.05) is 6.54 Å². The molecule has 0 heterocycles. The fourth-order valence-electron chi connectivity index (χ4n) is 0.242. The van der Waals surface area contributed by atoms with E-state index >= 15 is 0 Å². The Morgan fingerprint density at radius 2 is 2.56 bits per heavy atom. The van der Waals surface area contributed by atoms with Gasteiger partial charge in [0.15, 0.2) is 5.78 Å². The van der Waals surface area contributed by atoms with Gasteiger partial charge < -0.3 is 5.11 Å². The largest absolute Gasteiger partial charge is 0.385 e. The summed E-state index contributed by atoms with van der Waals surface area (Å²) in [6, 6.07) is 0. The number of ketones is 1. The molecule has 0 saturated carbocycles. The number of hydrogen-bond donors (Lipinski definition) is 1. The monoisotopic (exact) mass is 129 g/mol. The number of carbonyl (C=O) groups excluding carboxylic acids is 1. The summed E-state index contributed by atoms with van der Waals surface area (Å²) < 4.78 is 0. The van der Waals surface area contributed by atoms with Gasteiger partial charge in [-0.3, -0.25) is 4.79 Å². The fourth-order valence-corrected chi connectivity index (χ4v) is 0.242. The molecule has 0 unspecified atom stereocenters.